The molecule has 7 nitrogen and oxygen atoms in total. The third kappa shape index (κ3) is 20.4. The molecule has 0 saturated heterocycles. The summed E-state index contributed by atoms with van der Waals surface area (Å²) in [4.78, 5) is 33.9. The summed E-state index contributed by atoms with van der Waals surface area (Å²) in [6.45, 7) is 14.2. The van der Waals surface area contributed by atoms with Gasteiger partial charge in [0.25, 0.3) is 0 Å². The highest BCUT2D eigenvalue weighted by atomic mass is 16.5. The fourth-order valence-corrected chi connectivity index (χ4v) is 1.52. The van der Waals surface area contributed by atoms with E-state index >= 15 is 0 Å². The molecule has 0 fully saturated rings. The quantitative estimate of drug-likeness (QED) is 0.418. The van der Waals surface area contributed by atoms with Crippen molar-refractivity contribution in [1.29, 1.82) is 0 Å². The first kappa shape index (κ1) is 27.2. The van der Waals surface area contributed by atoms with E-state index in [1.54, 1.807) is 0 Å². The summed E-state index contributed by atoms with van der Waals surface area (Å²) in [6.07, 6.45) is 0.404. The Morgan fingerprint density at radius 3 is 1.75 bits per heavy atom. The van der Waals surface area contributed by atoms with Gasteiger partial charge in [0, 0.05) is 19.4 Å². The Balaban J connectivity index is -0.000000636. The molecule has 0 unspecified atom stereocenters. The smallest absolute Gasteiger partial charge is 0.244 e. The van der Waals surface area contributed by atoms with Crippen LogP contribution in [0.25, 0.3) is 0 Å². The molecule has 0 aromatic carbocycles. The van der Waals surface area contributed by atoms with Gasteiger partial charge in [-0.25, -0.2) is 5.48 Å². The van der Waals surface area contributed by atoms with Crippen LogP contribution in [0, 0.1) is 17.8 Å². The number of carbonyl (C=O) groups is 3. The molecular formula is C17H37N3O4. The van der Waals surface area contributed by atoms with Gasteiger partial charge in [0.1, 0.15) is 0 Å². The maximum atomic E-state index is 11.8. The van der Waals surface area contributed by atoms with Gasteiger partial charge in [0.15, 0.2) is 0 Å². The SMILES string of the molecule is CC.CC(C)C.CNC(=O)CNC(=O)[C@@H](CC(=O)NO)CC(C)C. The maximum absolute atomic E-state index is 11.8. The molecule has 24 heavy (non-hydrogen) atoms. The Hall–Kier alpha value is -1.63. The van der Waals surface area contributed by atoms with Crippen LogP contribution in [0.4, 0.5) is 0 Å². The fraction of sp³-hybridized carbons (Fsp3) is 0.824. The zero-order chi connectivity index (χ0) is 19.7. The third-order valence-corrected chi connectivity index (χ3v) is 2.39. The monoisotopic (exact) mass is 347 g/mol. The first-order valence-corrected chi connectivity index (χ1v) is 8.55. The number of likely N-dealkylation sites (N-methyl/N-ethyl adjacent to an activating group) is 1. The van der Waals surface area contributed by atoms with E-state index in [4.69, 9.17) is 5.21 Å². The second kappa shape index (κ2) is 17.7. The number of nitrogens with one attached hydrogen (secondary N) is 3. The van der Waals surface area contributed by atoms with Crippen molar-refractivity contribution < 1.29 is 19.6 Å². The minimum absolute atomic E-state index is 0.103. The second-order valence-corrected chi connectivity index (χ2v) is 6.19. The van der Waals surface area contributed by atoms with Gasteiger partial charge in [-0.05, 0) is 18.3 Å². The summed E-state index contributed by atoms with van der Waals surface area (Å²) < 4.78 is 0. The van der Waals surface area contributed by atoms with Gasteiger partial charge in [0.2, 0.25) is 17.7 Å². The minimum atomic E-state index is -0.615. The fourth-order valence-electron chi connectivity index (χ4n) is 1.52. The van der Waals surface area contributed by atoms with Crippen molar-refractivity contribution in [3.8, 4) is 0 Å². The van der Waals surface area contributed by atoms with Gasteiger partial charge in [0.05, 0.1) is 6.54 Å². The zero-order valence-electron chi connectivity index (χ0n) is 16.5. The van der Waals surface area contributed by atoms with E-state index < -0.39 is 11.8 Å². The molecule has 144 valence electrons. The van der Waals surface area contributed by atoms with Gasteiger partial charge in [-0.1, -0.05) is 48.5 Å². The largest absolute Gasteiger partial charge is 0.358 e. The molecule has 0 aliphatic carbocycles. The summed E-state index contributed by atoms with van der Waals surface area (Å²) in [6, 6.07) is 0. The first-order chi connectivity index (χ1) is 11.1. The van der Waals surface area contributed by atoms with E-state index in [1.165, 1.54) is 12.5 Å². The molecular weight excluding hydrogens is 310 g/mol. The van der Waals surface area contributed by atoms with E-state index in [-0.39, 0.29) is 30.7 Å². The highest BCUT2D eigenvalue weighted by molar-refractivity contribution is 5.88. The van der Waals surface area contributed by atoms with E-state index in [0.717, 1.165) is 5.92 Å². The molecule has 0 radical (unpaired) electrons. The Morgan fingerprint density at radius 2 is 1.42 bits per heavy atom. The van der Waals surface area contributed by atoms with E-state index in [1.807, 2.05) is 27.7 Å². The predicted molar refractivity (Wildman–Crippen MR) is 96.4 cm³/mol. The summed E-state index contributed by atoms with van der Waals surface area (Å²) in [7, 11) is 1.47. The molecule has 0 spiro atoms. The average molecular weight is 348 g/mol. The van der Waals surface area contributed by atoms with E-state index in [9.17, 15) is 14.4 Å². The van der Waals surface area contributed by atoms with Crippen molar-refractivity contribution >= 4 is 17.7 Å². The molecule has 3 amide bonds. The molecule has 4 N–H and O–H groups in total. The van der Waals surface area contributed by atoms with Crippen LogP contribution in [-0.2, 0) is 14.4 Å². The van der Waals surface area contributed by atoms with Crippen LogP contribution in [0.15, 0.2) is 0 Å². The molecule has 0 saturated carbocycles. The van der Waals surface area contributed by atoms with Crippen LogP contribution in [0.1, 0.15) is 61.3 Å². The van der Waals surface area contributed by atoms with Crippen molar-refractivity contribution in [2.45, 2.75) is 61.3 Å². The zero-order valence-corrected chi connectivity index (χ0v) is 16.5. The molecule has 0 rings (SSSR count). The van der Waals surface area contributed by atoms with Gasteiger partial charge in [-0.3, -0.25) is 19.6 Å². The lowest BCUT2D eigenvalue weighted by molar-refractivity contribution is -0.135. The van der Waals surface area contributed by atoms with Gasteiger partial charge in [-0.2, -0.15) is 0 Å². The number of hydrogen-bond acceptors (Lipinski definition) is 4. The van der Waals surface area contributed by atoms with Crippen LogP contribution >= 0.6 is 0 Å². The highest BCUT2D eigenvalue weighted by Gasteiger charge is 2.23. The van der Waals surface area contributed by atoms with Crippen molar-refractivity contribution in [3.63, 3.8) is 0 Å². The number of amides is 3. The Bertz CT molecular complexity index is 342. The van der Waals surface area contributed by atoms with Gasteiger partial charge >= 0.3 is 0 Å². The van der Waals surface area contributed by atoms with E-state index in [2.05, 4.69) is 31.4 Å². The summed E-state index contributed by atoms with van der Waals surface area (Å²) >= 11 is 0. The second-order valence-electron chi connectivity index (χ2n) is 6.19. The number of hydrogen-bond donors (Lipinski definition) is 4. The normalized spacial score (nSPS) is 10.6. The van der Waals surface area contributed by atoms with Crippen molar-refractivity contribution in [2.75, 3.05) is 13.6 Å². The molecule has 0 aromatic heterocycles. The van der Waals surface area contributed by atoms with Crippen molar-refractivity contribution in [3.05, 3.63) is 0 Å². The molecule has 0 heterocycles. The van der Waals surface area contributed by atoms with Gasteiger partial charge in [-0.15, -0.1) is 0 Å². The lowest BCUT2D eigenvalue weighted by atomic mass is 9.93. The standard InChI is InChI=1S/C11H21N3O4.C4H10.C2H6/c1-7(2)4-8(5-9(15)14-18)11(17)13-6-10(16)12-3;1-4(2)3;1-2/h7-8,18H,4-6H2,1-3H3,(H,12,16)(H,13,17)(H,14,15);4H,1-3H3;1-2H3/t8-;;/m1../s1. The first-order valence-electron chi connectivity index (χ1n) is 8.55. The summed E-state index contributed by atoms with van der Waals surface area (Å²) in [5.74, 6) is -0.779. The van der Waals surface area contributed by atoms with Crippen LogP contribution in [-0.4, -0.2) is 36.5 Å². The van der Waals surface area contributed by atoms with Crippen molar-refractivity contribution in [1.82, 2.24) is 16.1 Å². The van der Waals surface area contributed by atoms with Crippen LogP contribution in [0.2, 0.25) is 0 Å². The van der Waals surface area contributed by atoms with Crippen LogP contribution in [0.3, 0.4) is 0 Å². The molecule has 1 atom stereocenters. The Morgan fingerprint density at radius 1 is 0.958 bits per heavy atom. The topological polar surface area (TPSA) is 108 Å². The number of carbonyl (C=O) groups excluding carboxylic acids is 3. The lowest BCUT2D eigenvalue weighted by Gasteiger charge is -2.17. The molecule has 0 aliphatic rings. The number of hydroxylamine groups is 1. The molecule has 0 bridgehead atoms. The third-order valence-electron chi connectivity index (χ3n) is 2.39. The molecule has 0 aliphatic heterocycles. The number of rotatable bonds is 7. The van der Waals surface area contributed by atoms with Crippen LogP contribution < -0.4 is 16.1 Å². The van der Waals surface area contributed by atoms with Crippen molar-refractivity contribution in [2.24, 2.45) is 17.8 Å². The molecule has 7 heteroatoms. The maximum Gasteiger partial charge on any atom is 0.244 e. The highest BCUT2D eigenvalue weighted by Crippen LogP contribution is 2.15. The Kier molecular flexibility index (Phi) is 20.1. The minimum Gasteiger partial charge on any atom is -0.358 e. The predicted octanol–water partition coefficient (Wildman–Crippen LogP) is 2.09. The summed E-state index contributed by atoms with van der Waals surface area (Å²) in [5.41, 5.74) is 1.50. The lowest BCUT2D eigenvalue weighted by Crippen LogP contribution is -2.40. The van der Waals surface area contributed by atoms with E-state index in [0.29, 0.717) is 6.42 Å². The van der Waals surface area contributed by atoms with Crippen LogP contribution in [0.5, 0.6) is 0 Å². The summed E-state index contributed by atoms with van der Waals surface area (Å²) in [5, 5.41) is 13.3. The van der Waals surface area contributed by atoms with Gasteiger partial charge < -0.3 is 10.6 Å². The molecule has 0 aromatic rings. The Labute approximate surface area is 146 Å². The average Bonchev–Trinajstić information content (AvgIpc) is 2.52.